The highest BCUT2D eigenvalue weighted by molar-refractivity contribution is 7.89. The van der Waals surface area contributed by atoms with Crippen LogP contribution in [0, 0.1) is 0 Å². The van der Waals surface area contributed by atoms with Crippen molar-refractivity contribution in [2.45, 2.75) is 11.8 Å². The van der Waals surface area contributed by atoms with Crippen molar-refractivity contribution >= 4 is 27.8 Å². The average Bonchev–Trinajstić information content (AvgIpc) is 2.63. The van der Waals surface area contributed by atoms with E-state index in [0.29, 0.717) is 34.4 Å². The standard InChI is InChI=1S/C17H19ClN2O5S/c1-4-25-15-7-5-12(9-14(15)18)11-19-20-26(21,22)13-6-8-16(23-2)17(10-13)24-3/h5-11,20H,4H2,1-3H3/b19-11+. The van der Waals surface area contributed by atoms with Gasteiger partial charge >= 0.3 is 0 Å². The fourth-order valence-corrected chi connectivity index (χ4v) is 3.13. The number of halogens is 1. The van der Waals surface area contributed by atoms with Crippen molar-refractivity contribution in [2.24, 2.45) is 5.10 Å². The van der Waals surface area contributed by atoms with Crippen molar-refractivity contribution < 1.29 is 22.6 Å². The van der Waals surface area contributed by atoms with Crippen LogP contribution in [0.3, 0.4) is 0 Å². The molecule has 0 unspecified atom stereocenters. The number of hydrogen-bond acceptors (Lipinski definition) is 6. The van der Waals surface area contributed by atoms with Crippen molar-refractivity contribution in [3.8, 4) is 17.2 Å². The molecule has 2 aromatic rings. The lowest BCUT2D eigenvalue weighted by molar-refractivity contribution is 0.340. The topological polar surface area (TPSA) is 86.2 Å². The van der Waals surface area contributed by atoms with E-state index in [2.05, 4.69) is 9.93 Å². The van der Waals surface area contributed by atoms with Gasteiger partial charge in [-0.3, -0.25) is 0 Å². The molecule has 0 amide bonds. The summed E-state index contributed by atoms with van der Waals surface area (Å²) in [5.74, 6) is 1.29. The first-order valence-corrected chi connectivity index (χ1v) is 9.46. The van der Waals surface area contributed by atoms with Gasteiger partial charge in [-0.1, -0.05) is 11.6 Å². The molecule has 0 aliphatic carbocycles. The second-order valence-corrected chi connectivity index (χ2v) is 7.06. The van der Waals surface area contributed by atoms with Gasteiger partial charge in [0.15, 0.2) is 11.5 Å². The quantitative estimate of drug-likeness (QED) is 0.545. The van der Waals surface area contributed by atoms with Gasteiger partial charge in [-0.25, -0.2) is 4.83 Å². The van der Waals surface area contributed by atoms with Gasteiger partial charge in [0.05, 0.1) is 37.0 Å². The molecule has 2 rings (SSSR count). The number of nitrogens with zero attached hydrogens (tertiary/aromatic N) is 1. The van der Waals surface area contributed by atoms with Crippen LogP contribution in [-0.2, 0) is 10.0 Å². The minimum absolute atomic E-state index is 0.00275. The molecule has 0 fully saturated rings. The first-order valence-electron chi connectivity index (χ1n) is 7.60. The first-order chi connectivity index (χ1) is 12.4. The molecule has 1 N–H and O–H groups in total. The molecular formula is C17H19ClN2O5S. The maximum Gasteiger partial charge on any atom is 0.276 e. The van der Waals surface area contributed by atoms with E-state index >= 15 is 0 Å². The molecule has 0 spiro atoms. The number of sulfonamides is 1. The summed E-state index contributed by atoms with van der Waals surface area (Å²) in [6.07, 6.45) is 1.35. The van der Waals surface area contributed by atoms with Crippen LogP contribution in [0.4, 0.5) is 0 Å². The van der Waals surface area contributed by atoms with Gasteiger partial charge in [0.25, 0.3) is 10.0 Å². The largest absolute Gasteiger partial charge is 0.493 e. The van der Waals surface area contributed by atoms with E-state index in [0.717, 1.165) is 0 Å². The van der Waals surface area contributed by atoms with E-state index in [1.165, 1.54) is 38.6 Å². The Morgan fingerprint density at radius 3 is 2.38 bits per heavy atom. The molecule has 0 saturated heterocycles. The Kier molecular flexibility index (Phi) is 6.70. The molecule has 2 aromatic carbocycles. The van der Waals surface area contributed by atoms with Crippen LogP contribution in [0.25, 0.3) is 0 Å². The zero-order valence-electron chi connectivity index (χ0n) is 14.5. The molecule has 0 radical (unpaired) electrons. The number of hydrazone groups is 1. The van der Waals surface area contributed by atoms with E-state index in [-0.39, 0.29) is 4.90 Å². The smallest absolute Gasteiger partial charge is 0.276 e. The summed E-state index contributed by atoms with van der Waals surface area (Å²) in [5.41, 5.74) is 0.619. The van der Waals surface area contributed by atoms with Gasteiger partial charge in [-0.2, -0.15) is 13.5 Å². The minimum Gasteiger partial charge on any atom is -0.493 e. The number of hydrogen-bond donors (Lipinski definition) is 1. The summed E-state index contributed by atoms with van der Waals surface area (Å²) in [6, 6.07) is 9.28. The van der Waals surface area contributed by atoms with Crippen LogP contribution in [0.2, 0.25) is 5.02 Å². The number of benzene rings is 2. The van der Waals surface area contributed by atoms with E-state index in [9.17, 15) is 8.42 Å². The van der Waals surface area contributed by atoms with Crippen LogP contribution in [0.5, 0.6) is 17.2 Å². The average molecular weight is 399 g/mol. The number of ether oxygens (including phenoxy) is 3. The third kappa shape index (κ3) is 4.80. The van der Waals surface area contributed by atoms with Crippen molar-refractivity contribution in [1.82, 2.24) is 4.83 Å². The Morgan fingerprint density at radius 2 is 1.77 bits per heavy atom. The maximum absolute atomic E-state index is 12.3. The number of nitrogens with one attached hydrogen (secondary N) is 1. The number of methoxy groups -OCH3 is 2. The summed E-state index contributed by atoms with van der Waals surface area (Å²) in [5, 5.41) is 4.19. The van der Waals surface area contributed by atoms with Crippen molar-refractivity contribution in [2.75, 3.05) is 20.8 Å². The Labute approximate surface area is 157 Å². The second-order valence-electron chi connectivity index (χ2n) is 4.99. The van der Waals surface area contributed by atoms with Crippen molar-refractivity contribution in [3.05, 3.63) is 47.0 Å². The summed E-state index contributed by atoms with van der Waals surface area (Å²) >= 11 is 6.08. The number of rotatable bonds is 8. The normalized spacial score (nSPS) is 11.4. The van der Waals surface area contributed by atoms with Gasteiger partial charge in [0.2, 0.25) is 0 Å². The van der Waals surface area contributed by atoms with E-state index in [4.69, 9.17) is 25.8 Å². The molecule has 0 saturated carbocycles. The summed E-state index contributed by atoms with van der Waals surface area (Å²) in [6.45, 7) is 2.35. The van der Waals surface area contributed by atoms with Crippen LogP contribution >= 0.6 is 11.6 Å². The molecule has 0 aliphatic heterocycles. The fourth-order valence-electron chi connectivity index (χ4n) is 2.08. The lowest BCUT2D eigenvalue weighted by atomic mass is 10.2. The predicted octanol–water partition coefficient (Wildman–Crippen LogP) is 3.07. The molecular weight excluding hydrogens is 380 g/mol. The van der Waals surface area contributed by atoms with Crippen LogP contribution in [0.1, 0.15) is 12.5 Å². The summed E-state index contributed by atoms with van der Waals surface area (Å²) in [7, 11) is -0.961. The van der Waals surface area contributed by atoms with E-state index in [1.54, 1.807) is 18.2 Å². The lowest BCUT2D eigenvalue weighted by Crippen LogP contribution is -2.18. The maximum atomic E-state index is 12.3. The SMILES string of the molecule is CCOc1ccc(/C=N/NS(=O)(=O)c2ccc(OC)c(OC)c2)cc1Cl. The van der Waals surface area contributed by atoms with Crippen molar-refractivity contribution in [3.63, 3.8) is 0 Å². The van der Waals surface area contributed by atoms with Crippen LogP contribution in [0.15, 0.2) is 46.4 Å². The van der Waals surface area contributed by atoms with Gasteiger partial charge < -0.3 is 14.2 Å². The highest BCUT2D eigenvalue weighted by Gasteiger charge is 2.16. The molecule has 0 aromatic heterocycles. The molecule has 7 nitrogen and oxygen atoms in total. The van der Waals surface area contributed by atoms with Crippen molar-refractivity contribution in [1.29, 1.82) is 0 Å². The zero-order chi connectivity index (χ0) is 19.2. The Balaban J connectivity index is 2.15. The van der Waals surface area contributed by atoms with Gasteiger partial charge in [-0.05, 0) is 42.8 Å². The van der Waals surface area contributed by atoms with Crippen LogP contribution < -0.4 is 19.0 Å². The van der Waals surface area contributed by atoms with E-state index in [1.807, 2.05) is 6.92 Å². The Hall–Kier alpha value is -2.45. The lowest BCUT2D eigenvalue weighted by Gasteiger charge is -2.09. The molecule has 0 heterocycles. The summed E-state index contributed by atoms with van der Waals surface area (Å²) in [4.78, 5) is 2.14. The monoisotopic (exact) mass is 398 g/mol. The first kappa shape index (κ1) is 19.9. The Bertz CT molecular complexity index is 900. The third-order valence-corrected chi connectivity index (χ3v) is 4.82. The fraction of sp³-hybridized carbons (Fsp3) is 0.235. The molecule has 140 valence electrons. The molecule has 26 heavy (non-hydrogen) atoms. The van der Waals surface area contributed by atoms with Gasteiger partial charge in [0, 0.05) is 6.07 Å². The zero-order valence-corrected chi connectivity index (χ0v) is 16.1. The van der Waals surface area contributed by atoms with Crippen LogP contribution in [-0.4, -0.2) is 35.5 Å². The predicted molar refractivity (Wildman–Crippen MR) is 100 cm³/mol. The molecule has 0 aliphatic rings. The highest BCUT2D eigenvalue weighted by atomic mass is 35.5. The minimum atomic E-state index is -3.86. The van der Waals surface area contributed by atoms with Gasteiger partial charge in [-0.15, -0.1) is 0 Å². The Morgan fingerprint density at radius 1 is 1.08 bits per heavy atom. The van der Waals surface area contributed by atoms with E-state index < -0.39 is 10.0 Å². The third-order valence-electron chi connectivity index (χ3n) is 3.31. The van der Waals surface area contributed by atoms with Gasteiger partial charge in [0.1, 0.15) is 5.75 Å². The molecule has 0 bridgehead atoms. The molecule has 9 heteroatoms. The highest BCUT2D eigenvalue weighted by Crippen LogP contribution is 2.29. The second kappa shape index (κ2) is 8.77. The summed E-state index contributed by atoms with van der Waals surface area (Å²) < 4.78 is 40.2. The molecule has 0 atom stereocenters.